The van der Waals surface area contributed by atoms with E-state index in [1.807, 2.05) is 12.1 Å². The van der Waals surface area contributed by atoms with Crippen molar-refractivity contribution in [2.75, 3.05) is 61.1 Å². The van der Waals surface area contributed by atoms with E-state index < -0.39 is 0 Å². The molecule has 3 aliphatic rings. The molecule has 3 saturated heterocycles. The van der Waals surface area contributed by atoms with Crippen LogP contribution in [-0.4, -0.2) is 61.0 Å². The number of hydrogen-bond acceptors (Lipinski definition) is 6. The Kier molecular flexibility index (Phi) is 8.63. The standard InChI is InChI=1S/C29H41FN6OS/c1-21-5-3-13-35(18-21)25-17-26(36-14-4-6-22(2)19-36)33-27(32-25)34-28(38)31-20-29(11-15-37-16-12-29)23-7-9-24(30)10-8-23/h7-10,17,21-22H,3-6,11-16,18-20H2,1-2H3,(H2,31,32,33,34,38)/t21-,22+. The van der Waals surface area contributed by atoms with Gasteiger partial charge in [0.2, 0.25) is 5.95 Å². The summed E-state index contributed by atoms with van der Waals surface area (Å²) < 4.78 is 19.3. The van der Waals surface area contributed by atoms with E-state index in [9.17, 15) is 4.39 Å². The summed E-state index contributed by atoms with van der Waals surface area (Å²) in [5.74, 6) is 3.56. The summed E-state index contributed by atoms with van der Waals surface area (Å²) in [7, 11) is 0. The van der Waals surface area contributed by atoms with Gasteiger partial charge in [0, 0.05) is 57.4 Å². The smallest absolute Gasteiger partial charge is 0.232 e. The highest BCUT2D eigenvalue weighted by molar-refractivity contribution is 7.80. The fraction of sp³-hybridized carbons (Fsp3) is 0.621. The van der Waals surface area contributed by atoms with Crippen molar-refractivity contribution in [3.8, 4) is 0 Å². The van der Waals surface area contributed by atoms with Gasteiger partial charge in [-0.3, -0.25) is 0 Å². The summed E-state index contributed by atoms with van der Waals surface area (Å²) in [5.41, 5.74) is 0.941. The molecule has 5 rings (SSSR count). The molecule has 1 aromatic carbocycles. The Hall–Kier alpha value is -2.52. The van der Waals surface area contributed by atoms with E-state index in [1.54, 1.807) is 0 Å². The fourth-order valence-electron chi connectivity index (χ4n) is 6.13. The molecule has 0 amide bonds. The molecule has 0 bridgehead atoms. The zero-order valence-corrected chi connectivity index (χ0v) is 23.5. The molecule has 4 heterocycles. The van der Waals surface area contributed by atoms with Crippen molar-refractivity contribution in [3.63, 3.8) is 0 Å². The summed E-state index contributed by atoms with van der Waals surface area (Å²) in [5, 5.41) is 7.23. The number of benzene rings is 1. The second kappa shape index (κ2) is 12.1. The predicted octanol–water partition coefficient (Wildman–Crippen LogP) is 5.12. The third-order valence-corrected chi connectivity index (χ3v) is 8.63. The van der Waals surface area contributed by atoms with Gasteiger partial charge in [0.25, 0.3) is 0 Å². The van der Waals surface area contributed by atoms with Crippen LogP contribution >= 0.6 is 12.2 Å². The lowest BCUT2D eigenvalue weighted by atomic mass is 9.74. The van der Waals surface area contributed by atoms with Gasteiger partial charge < -0.3 is 25.2 Å². The summed E-state index contributed by atoms with van der Waals surface area (Å²) in [6, 6.07) is 9.00. The van der Waals surface area contributed by atoms with Crippen molar-refractivity contribution in [1.29, 1.82) is 0 Å². The largest absolute Gasteiger partial charge is 0.381 e. The number of nitrogens with one attached hydrogen (secondary N) is 2. The molecule has 2 N–H and O–H groups in total. The Balaban J connectivity index is 1.33. The van der Waals surface area contributed by atoms with Crippen LogP contribution in [0.5, 0.6) is 0 Å². The van der Waals surface area contributed by atoms with Gasteiger partial charge in [0.15, 0.2) is 5.11 Å². The molecular weight excluding hydrogens is 499 g/mol. The quantitative estimate of drug-likeness (QED) is 0.490. The predicted molar refractivity (Wildman–Crippen MR) is 156 cm³/mol. The third-order valence-electron chi connectivity index (χ3n) is 8.38. The Labute approximate surface area is 231 Å². The highest BCUT2D eigenvalue weighted by atomic mass is 32.1. The number of ether oxygens (including phenoxy) is 1. The molecule has 2 atom stereocenters. The van der Waals surface area contributed by atoms with Crippen molar-refractivity contribution in [2.45, 2.75) is 57.8 Å². The van der Waals surface area contributed by atoms with E-state index in [1.165, 1.54) is 37.8 Å². The molecule has 1 aromatic heterocycles. The summed E-state index contributed by atoms with van der Waals surface area (Å²) in [6.45, 7) is 10.7. The fourth-order valence-corrected chi connectivity index (χ4v) is 6.29. The van der Waals surface area contributed by atoms with Gasteiger partial charge in [-0.1, -0.05) is 26.0 Å². The zero-order valence-electron chi connectivity index (χ0n) is 22.7. The van der Waals surface area contributed by atoms with Crippen molar-refractivity contribution in [2.24, 2.45) is 11.8 Å². The Morgan fingerprint density at radius 2 is 1.58 bits per heavy atom. The van der Waals surface area contributed by atoms with E-state index >= 15 is 0 Å². The van der Waals surface area contributed by atoms with Crippen molar-refractivity contribution >= 4 is 34.9 Å². The lowest BCUT2D eigenvalue weighted by Crippen LogP contribution is -2.45. The number of rotatable bonds is 6. The van der Waals surface area contributed by atoms with Crippen LogP contribution in [0.1, 0.15) is 57.9 Å². The first kappa shape index (κ1) is 27.1. The molecule has 7 nitrogen and oxygen atoms in total. The maximum atomic E-state index is 13.6. The van der Waals surface area contributed by atoms with Crippen LogP contribution in [0.15, 0.2) is 30.3 Å². The molecule has 206 valence electrons. The van der Waals surface area contributed by atoms with Gasteiger partial charge in [0.1, 0.15) is 17.5 Å². The van der Waals surface area contributed by atoms with Crippen LogP contribution in [0.25, 0.3) is 0 Å². The van der Waals surface area contributed by atoms with Crippen LogP contribution in [0.3, 0.4) is 0 Å². The molecule has 0 spiro atoms. The van der Waals surface area contributed by atoms with E-state index in [0.717, 1.165) is 56.2 Å². The number of piperidine rings is 2. The molecule has 3 aliphatic heterocycles. The van der Waals surface area contributed by atoms with Crippen molar-refractivity contribution in [1.82, 2.24) is 15.3 Å². The first-order valence-electron chi connectivity index (χ1n) is 14.2. The SMILES string of the molecule is C[C@@H]1CCCN(c2cc(N3CCC[C@H](C)C3)nc(NC(=S)NCC3(c4ccc(F)cc4)CCOCC3)n2)C1. The number of anilines is 3. The molecule has 2 aromatic rings. The topological polar surface area (TPSA) is 65.5 Å². The average Bonchev–Trinajstić information content (AvgIpc) is 2.93. The second-order valence-corrected chi connectivity index (χ2v) is 11.9. The van der Waals surface area contributed by atoms with Crippen molar-refractivity contribution in [3.05, 3.63) is 41.7 Å². The molecule has 3 fully saturated rings. The molecular formula is C29H41FN6OS. The van der Waals surface area contributed by atoms with Gasteiger partial charge in [-0.2, -0.15) is 9.97 Å². The van der Waals surface area contributed by atoms with E-state index in [-0.39, 0.29) is 11.2 Å². The zero-order chi connectivity index (χ0) is 26.5. The first-order valence-corrected chi connectivity index (χ1v) is 14.6. The van der Waals surface area contributed by atoms with E-state index in [0.29, 0.717) is 42.7 Å². The Morgan fingerprint density at radius 1 is 1.00 bits per heavy atom. The monoisotopic (exact) mass is 540 g/mol. The number of hydrogen-bond donors (Lipinski definition) is 2. The Bertz CT molecular complexity index is 1050. The second-order valence-electron chi connectivity index (χ2n) is 11.5. The van der Waals surface area contributed by atoms with Crippen LogP contribution < -0.4 is 20.4 Å². The first-order chi connectivity index (χ1) is 18.4. The molecule has 0 aliphatic carbocycles. The van der Waals surface area contributed by atoms with E-state index in [4.69, 9.17) is 26.9 Å². The highest BCUT2D eigenvalue weighted by Gasteiger charge is 2.34. The Morgan fingerprint density at radius 3 is 2.13 bits per heavy atom. The van der Waals surface area contributed by atoms with Gasteiger partial charge in [0.05, 0.1) is 0 Å². The summed E-state index contributed by atoms with van der Waals surface area (Å²) in [4.78, 5) is 14.6. The van der Waals surface area contributed by atoms with E-state index in [2.05, 4.69) is 40.3 Å². The average molecular weight is 541 g/mol. The molecule has 0 unspecified atom stereocenters. The lowest BCUT2D eigenvalue weighted by Gasteiger charge is -2.38. The molecule has 0 radical (unpaired) electrons. The minimum absolute atomic E-state index is 0.167. The normalized spacial score (nSPS) is 23.7. The summed E-state index contributed by atoms with van der Waals surface area (Å²) >= 11 is 5.74. The number of thiocarbonyl (C=S) groups is 1. The minimum Gasteiger partial charge on any atom is -0.381 e. The van der Waals surface area contributed by atoms with Crippen LogP contribution in [-0.2, 0) is 10.2 Å². The molecule has 0 saturated carbocycles. The number of halogens is 1. The van der Waals surface area contributed by atoms with Gasteiger partial charge in [-0.15, -0.1) is 0 Å². The summed E-state index contributed by atoms with van der Waals surface area (Å²) in [6.07, 6.45) is 6.59. The minimum atomic E-state index is -0.222. The maximum Gasteiger partial charge on any atom is 0.232 e. The van der Waals surface area contributed by atoms with Gasteiger partial charge in [-0.25, -0.2) is 4.39 Å². The van der Waals surface area contributed by atoms with Crippen LogP contribution in [0.4, 0.5) is 22.0 Å². The number of aromatic nitrogens is 2. The maximum absolute atomic E-state index is 13.6. The van der Waals surface area contributed by atoms with Crippen LogP contribution in [0, 0.1) is 17.7 Å². The van der Waals surface area contributed by atoms with Gasteiger partial charge >= 0.3 is 0 Å². The third kappa shape index (κ3) is 6.54. The van der Waals surface area contributed by atoms with Crippen LogP contribution in [0.2, 0.25) is 0 Å². The van der Waals surface area contributed by atoms with Crippen molar-refractivity contribution < 1.29 is 9.13 Å². The number of nitrogens with zero attached hydrogens (tertiary/aromatic N) is 4. The molecule has 38 heavy (non-hydrogen) atoms. The highest BCUT2D eigenvalue weighted by Crippen LogP contribution is 2.34. The lowest BCUT2D eigenvalue weighted by molar-refractivity contribution is 0.0515. The van der Waals surface area contributed by atoms with Gasteiger partial charge in [-0.05, 0) is 80.3 Å². The molecule has 9 heteroatoms.